The lowest BCUT2D eigenvalue weighted by atomic mass is 9.98. The average molecular weight is 301 g/mol. The molecule has 0 aliphatic carbocycles. The Hall–Kier alpha value is -2.69. The molecule has 1 unspecified atom stereocenters. The van der Waals surface area contributed by atoms with Crippen molar-refractivity contribution in [2.24, 2.45) is 0 Å². The predicted molar refractivity (Wildman–Crippen MR) is 83.4 cm³/mol. The van der Waals surface area contributed by atoms with Gasteiger partial charge in [0.2, 0.25) is 0 Å². The van der Waals surface area contributed by atoms with E-state index in [-0.39, 0.29) is 6.04 Å². The second kappa shape index (κ2) is 7.36. The molecule has 0 spiro atoms. The summed E-state index contributed by atoms with van der Waals surface area (Å²) in [5.74, 6) is 1.31. The van der Waals surface area contributed by atoms with Crippen LogP contribution in [-0.4, -0.2) is 27.4 Å². The van der Waals surface area contributed by atoms with E-state index in [9.17, 15) is 4.79 Å². The number of hydrogen-bond donors (Lipinski definition) is 1. The Bertz CT molecular complexity index is 628. The van der Waals surface area contributed by atoms with Crippen LogP contribution in [0.15, 0.2) is 48.5 Å². The largest absolute Gasteiger partial charge is 0.497 e. The summed E-state index contributed by atoms with van der Waals surface area (Å²) in [5, 5.41) is 2.83. The zero-order chi connectivity index (χ0) is 15.9. The lowest BCUT2D eigenvalue weighted by Gasteiger charge is -2.21. The summed E-state index contributed by atoms with van der Waals surface area (Å²) in [4.78, 5) is 11.7. The Kier molecular flexibility index (Phi) is 5.25. The van der Waals surface area contributed by atoms with E-state index in [0.717, 1.165) is 11.1 Å². The highest BCUT2D eigenvalue weighted by Gasteiger charge is 2.21. The molecule has 116 valence electrons. The number of ether oxygens (including phenoxy) is 3. The third kappa shape index (κ3) is 3.49. The van der Waals surface area contributed by atoms with Crippen LogP contribution in [0, 0.1) is 0 Å². The SMILES string of the molecule is COC(=O)NC(c1ccccc1)c1ccc(OC)cc1OC. The molecule has 0 aromatic heterocycles. The van der Waals surface area contributed by atoms with E-state index in [1.165, 1.54) is 7.11 Å². The van der Waals surface area contributed by atoms with Crippen LogP contribution in [0.4, 0.5) is 4.79 Å². The molecule has 0 heterocycles. The second-order valence-electron chi connectivity index (χ2n) is 4.59. The fourth-order valence-electron chi connectivity index (χ4n) is 2.22. The zero-order valence-corrected chi connectivity index (χ0v) is 12.8. The second-order valence-corrected chi connectivity index (χ2v) is 4.59. The van der Waals surface area contributed by atoms with Crippen molar-refractivity contribution in [3.8, 4) is 11.5 Å². The molecule has 5 heteroatoms. The third-order valence-corrected chi connectivity index (χ3v) is 3.33. The quantitative estimate of drug-likeness (QED) is 0.921. The summed E-state index contributed by atoms with van der Waals surface area (Å²) in [5.41, 5.74) is 1.75. The zero-order valence-electron chi connectivity index (χ0n) is 12.8. The maximum atomic E-state index is 11.7. The minimum Gasteiger partial charge on any atom is -0.497 e. The molecular weight excluding hydrogens is 282 g/mol. The molecule has 2 aromatic carbocycles. The van der Waals surface area contributed by atoms with Crippen molar-refractivity contribution >= 4 is 6.09 Å². The number of methoxy groups -OCH3 is 3. The van der Waals surface area contributed by atoms with Crippen molar-refractivity contribution in [1.82, 2.24) is 5.32 Å². The fourth-order valence-corrected chi connectivity index (χ4v) is 2.22. The monoisotopic (exact) mass is 301 g/mol. The lowest BCUT2D eigenvalue weighted by Crippen LogP contribution is -2.29. The van der Waals surface area contributed by atoms with Crippen LogP contribution >= 0.6 is 0 Å². The summed E-state index contributed by atoms with van der Waals surface area (Å²) in [6, 6.07) is 14.7. The van der Waals surface area contributed by atoms with E-state index < -0.39 is 6.09 Å². The molecule has 0 saturated heterocycles. The predicted octanol–water partition coefficient (Wildman–Crippen LogP) is 3.15. The van der Waals surface area contributed by atoms with Gasteiger partial charge < -0.3 is 19.5 Å². The summed E-state index contributed by atoms with van der Waals surface area (Å²) < 4.78 is 15.4. The molecule has 1 atom stereocenters. The number of amides is 1. The van der Waals surface area contributed by atoms with Crippen LogP contribution in [0.25, 0.3) is 0 Å². The highest BCUT2D eigenvalue weighted by molar-refractivity contribution is 5.69. The average Bonchev–Trinajstić information content (AvgIpc) is 2.59. The molecule has 22 heavy (non-hydrogen) atoms. The van der Waals surface area contributed by atoms with Crippen molar-refractivity contribution < 1.29 is 19.0 Å². The van der Waals surface area contributed by atoms with Crippen molar-refractivity contribution in [2.75, 3.05) is 21.3 Å². The number of alkyl carbamates (subject to hydrolysis) is 1. The maximum Gasteiger partial charge on any atom is 0.407 e. The van der Waals surface area contributed by atoms with E-state index in [1.54, 1.807) is 20.3 Å². The number of hydrogen-bond acceptors (Lipinski definition) is 4. The van der Waals surface area contributed by atoms with Gasteiger partial charge in [-0.05, 0) is 17.7 Å². The van der Waals surface area contributed by atoms with Crippen LogP contribution in [0.5, 0.6) is 11.5 Å². The van der Waals surface area contributed by atoms with Crippen LogP contribution < -0.4 is 14.8 Å². The Morgan fingerprint density at radius 2 is 1.73 bits per heavy atom. The highest BCUT2D eigenvalue weighted by Crippen LogP contribution is 2.33. The molecular formula is C17H19NO4. The molecule has 2 aromatic rings. The van der Waals surface area contributed by atoms with Gasteiger partial charge in [0, 0.05) is 11.6 Å². The summed E-state index contributed by atoms with van der Waals surface area (Å²) in [6.45, 7) is 0. The Labute approximate surface area is 129 Å². The molecule has 2 rings (SSSR count). The normalized spacial score (nSPS) is 11.4. The summed E-state index contributed by atoms with van der Waals surface area (Å²) in [7, 11) is 4.51. The molecule has 1 amide bonds. The van der Waals surface area contributed by atoms with Gasteiger partial charge in [-0.25, -0.2) is 4.79 Å². The standard InChI is InChI=1S/C17H19NO4/c1-20-13-9-10-14(15(11-13)21-2)16(18-17(19)22-3)12-7-5-4-6-8-12/h4-11,16H,1-3H3,(H,18,19). The Morgan fingerprint density at radius 1 is 1.00 bits per heavy atom. The van der Waals surface area contributed by atoms with Crippen molar-refractivity contribution in [3.05, 3.63) is 59.7 Å². The van der Waals surface area contributed by atoms with E-state index >= 15 is 0 Å². The van der Waals surface area contributed by atoms with Gasteiger partial charge in [-0.3, -0.25) is 0 Å². The van der Waals surface area contributed by atoms with E-state index in [1.807, 2.05) is 42.5 Å². The fraction of sp³-hybridized carbons (Fsp3) is 0.235. The van der Waals surface area contributed by atoms with Gasteiger partial charge >= 0.3 is 6.09 Å². The first-order valence-corrected chi connectivity index (χ1v) is 6.81. The van der Waals surface area contributed by atoms with Crippen molar-refractivity contribution in [3.63, 3.8) is 0 Å². The van der Waals surface area contributed by atoms with Crippen LogP contribution in [0.2, 0.25) is 0 Å². The molecule has 0 radical (unpaired) electrons. The molecule has 5 nitrogen and oxygen atoms in total. The van der Waals surface area contributed by atoms with Gasteiger partial charge in [-0.15, -0.1) is 0 Å². The van der Waals surface area contributed by atoms with Gasteiger partial charge in [0.1, 0.15) is 11.5 Å². The first-order chi connectivity index (χ1) is 10.7. The summed E-state index contributed by atoms with van der Waals surface area (Å²) >= 11 is 0. The van der Waals surface area contributed by atoms with Gasteiger partial charge in [0.15, 0.2) is 0 Å². The minimum absolute atomic E-state index is 0.380. The van der Waals surface area contributed by atoms with Gasteiger partial charge in [0.05, 0.1) is 27.4 Å². The maximum absolute atomic E-state index is 11.7. The molecule has 0 aliphatic heterocycles. The number of benzene rings is 2. The number of nitrogens with one attached hydrogen (secondary N) is 1. The number of carbonyl (C=O) groups is 1. The smallest absolute Gasteiger partial charge is 0.407 e. The van der Waals surface area contributed by atoms with Crippen LogP contribution in [0.3, 0.4) is 0 Å². The topological polar surface area (TPSA) is 56.8 Å². The minimum atomic E-state index is -0.508. The van der Waals surface area contributed by atoms with E-state index in [2.05, 4.69) is 5.32 Å². The van der Waals surface area contributed by atoms with Gasteiger partial charge in [0.25, 0.3) is 0 Å². The Balaban J connectivity index is 2.47. The first-order valence-electron chi connectivity index (χ1n) is 6.81. The summed E-state index contributed by atoms with van der Waals surface area (Å²) in [6.07, 6.45) is -0.508. The van der Waals surface area contributed by atoms with Gasteiger partial charge in [-0.1, -0.05) is 30.3 Å². The highest BCUT2D eigenvalue weighted by atomic mass is 16.5. The lowest BCUT2D eigenvalue weighted by molar-refractivity contribution is 0.168. The van der Waals surface area contributed by atoms with Crippen molar-refractivity contribution in [2.45, 2.75) is 6.04 Å². The number of rotatable bonds is 5. The Morgan fingerprint density at radius 3 is 2.32 bits per heavy atom. The van der Waals surface area contributed by atoms with Gasteiger partial charge in [-0.2, -0.15) is 0 Å². The molecule has 0 aliphatic rings. The molecule has 1 N–H and O–H groups in total. The van der Waals surface area contributed by atoms with Crippen molar-refractivity contribution in [1.29, 1.82) is 0 Å². The van der Waals surface area contributed by atoms with E-state index in [0.29, 0.717) is 11.5 Å². The first kappa shape index (κ1) is 15.7. The third-order valence-electron chi connectivity index (χ3n) is 3.33. The molecule has 0 saturated carbocycles. The van der Waals surface area contributed by atoms with E-state index in [4.69, 9.17) is 14.2 Å². The number of carbonyl (C=O) groups excluding carboxylic acids is 1. The van der Waals surface area contributed by atoms with Crippen LogP contribution in [-0.2, 0) is 4.74 Å². The van der Waals surface area contributed by atoms with Crippen LogP contribution in [0.1, 0.15) is 17.2 Å². The molecule has 0 fully saturated rings. The molecule has 0 bridgehead atoms.